The first kappa shape index (κ1) is 19.4. The minimum absolute atomic E-state index is 0.144. The van der Waals surface area contributed by atoms with Crippen LogP contribution in [0.3, 0.4) is 0 Å². The number of para-hydroxylation sites is 1. The Morgan fingerprint density at radius 3 is 2.43 bits per heavy atom. The Labute approximate surface area is 163 Å². The predicted molar refractivity (Wildman–Crippen MR) is 107 cm³/mol. The maximum Gasteiger partial charge on any atom is 0.253 e. The number of carbonyl (C=O) groups is 2. The first-order valence-electron chi connectivity index (χ1n) is 9.17. The minimum Gasteiger partial charge on any atom is -0.361 e. The van der Waals surface area contributed by atoms with Gasteiger partial charge in [0.15, 0.2) is 0 Å². The molecule has 6 heteroatoms. The lowest BCUT2D eigenvalue weighted by molar-refractivity contribution is -0.115. The van der Waals surface area contributed by atoms with E-state index in [4.69, 9.17) is 4.52 Å². The van der Waals surface area contributed by atoms with Gasteiger partial charge < -0.3 is 15.2 Å². The van der Waals surface area contributed by atoms with Gasteiger partial charge in [-0.1, -0.05) is 47.6 Å². The molecule has 28 heavy (non-hydrogen) atoms. The predicted octanol–water partition coefficient (Wildman–Crippen LogP) is 3.45. The third-order valence-electron chi connectivity index (χ3n) is 4.51. The van der Waals surface area contributed by atoms with Gasteiger partial charge in [0.1, 0.15) is 5.76 Å². The summed E-state index contributed by atoms with van der Waals surface area (Å²) in [6.07, 6.45) is 0.887. The molecule has 0 radical (unpaired) electrons. The van der Waals surface area contributed by atoms with E-state index in [1.54, 1.807) is 38.1 Å². The zero-order valence-corrected chi connectivity index (χ0v) is 16.0. The van der Waals surface area contributed by atoms with Crippen molar-refractivity contribution in [2.24, 2.45) is 0 Å². The third kappa shape index (κ3) is 4.85. The van der Waals surface area contributed by atoms with Crippen LogP contribution >= 0.6 is 0 Å². The molecular formula is C22H23N3O3. The molecule has 1 heterocycles. The number of hydrogen-bond acceptors (Lipinski definition) is 4. The van der Waals surface area contributed by atoms with Gasteiger partial charge in [-0.25, -0.2) is 0 Å². The number of benzene rings is 2. The summed E-state index contributed by atoms with van der Waals surface area (Å²) in [6.45, 7) is 4.09. The molecule has 6 nitrogen and oxygen atoms in total. The molecule has 2 aromatic carbocycles. The van der Waals surface area contributed by atoms with Crippen molar-refractivity contribution in [1.29, 1.82) is 0 Å². The Kier molecular flexibility index (Phi) is 6.22. The summed E-state index contributed by atoms with van der Waals surface area (Å²) in [6, 6.07) is 16.9. The minimum atomic E-state index is -0.223. The summed E-state index contributed by atoms with van der Waals surface area (Å²) in [5.41, 5.74) is 3.53. The monoisotopic (exact) mass is 377 g/mol. The van der Waals surface area contributed by atoms with Crippen LogP contribution in [-0.4, -0.2) is 23.5 Å². The molecule has 2 amide bonds. The lowest BCUT2D eigenvalue weighted by Crippen LogP contribution is -2.27. The van der Waals surface area contributed by atoms with E-state index in [-0.39, 0.29) is 18.2 Å². The highest BCUT2D eigenvalue weighted by atomic mass is 16.5. The van der Waals surface area contributed by atoms with E-state index in [9.17, 15) is 9.59 Å². The lowest BCUT2D eigenvalue weighted by Gasteiger charge is -2.11. The molecule has 0 aliphatic carbocycles. The summed E-state index contributed by atoms with van der Waals surface area (Å²) in [4.78, 5) is 25.0. The summed E-state index contributed by atoms with van der Waals surface area (Å²) >= 11 is 0. The molecular weight excluding hydrogens is 354 g/mol. The molecule has 144 valence electrons. The van der Waals surface area contributed by atoms with Gasteiger partial charge in [-0.3, -0.25) is 9.59 Å². The van der Waals surface area contributed by atoms with Crippen LogP contribution in [0.25, 0.3) is 0 Å². The fourth-order valence-corrected chi connectivity index (χ4v) is 2.96. The van der Waals surface area contributed by atoms with Gasteiger partial charge in [-0.2, -0.15) is 0 Å². The van der Waals surface area contributed by atoms with Gasteiger partial charge in [0, 0.05) is 12.1 Å². The molecule has 0 atom stereocenters. The molecule has 3 aromatic rings. The topological polar surface area (TPSA) is 84.2 Å². The van der Waals surface area contributed by atoms with Gasteiger partial charge in [0.05, 0.1) is 23.4 Å². The number of carbonyl (C=O) groups excluding carboxylic acids is 2. The second-order valence-corrected chi connectivity index (χ2v) is 6.56. The van der Waals surface area contributed by atoms with E-state index in [0.717, 1.165) is 17.5 Å². The van der Waals surface area contributed by atoms with Crippen molar-refractivity contribution in [1.82, 2.24) is 10.5 Å². The molecule has 0 unspecified atom stereocenters. The highest BCUT2D eigenvalue weighted by molar-refractivity contribution is 6.04. The second-order valence-electron chi connectivity index (χ2n) is 6.56. The average Bonchev–Trinajstić information content (AvgIpc) is 3.01. The lowest BCUT2D eigenvalue weighted by atomic mass is 10.1. The highest BCUT2D eigenvalue weighted by Gasteiger charge is 2.16. The summed E-state index contributed by atoms with van der Waals surface area (Å²) in [5.74, 6) is 0.183. The fraction of sp³-hybridized carbons (Fsp3) is 0.227. The molecule has 0 aliphatic rings. The van der Waals surface area contributed by atoms with Crippen LogP contribution in [0.4, 0.5) is 5.69 Å². The normalized spacial score (nSPS) is 10.5. The van der Waals surface area contributed by atoms with E-state index < -0.39 is 0 Å². The summed E-state index contributed by atoms with van der Waals surface area (Å²) in [5, 5.41) is 9.59. The van der Waals surface area contributed by atoms with Crippen molar-refractivity contribution in [3.05, 3.63) is 82.7 Å². The van der Waals surface area contributed by atoms with Crippen molar-refractivity contribution in [3.8, 4) is 0 Å². The van der Waals surface area contributed by atoms with Crippen LogP contribution in [-0.2, 0) is 17.6 Å². The largest absolute Gasteiger partial charge is 0.361 e. The number of aryl methyl sites for hydroxylation is 2. The Morgan fingerprint density at radius 2 is 1.71 bits per heavy atom. The Balaban J connectivity index is 1.62. The number of nitrogens with one attached hydrogen (secondary N) is 2. The van der Waals surface area contributed by atoms with E-state index >= 15 is 0 Å². The van der Waals surface area contributed by atoms with Gasteiger partial charge in [0.25, 0.3) is 5.91 Å². The first-order chi connectivity index (χ1) is 13.5. The Hall–Kier alpha value is -3.41. The number of rotatable bonds is 7. The van der Waals surface area contributed by atoms with Crippen LogP contribution < -0.4 is 10.6 Å². The van der Waals surface area contributed by atoms with Gasteiger partial charge in [-0.05, 0) is 38.0 Å². The molecule has 2 N–H and O–H groups in total. The third-order valence-corrected chi connectivity index (χ3v) is 4.51. The van der Waals surface area contributed by atoms with E-state index in [2.05, 4.69) is 15.8 Å². The zero-order valence-electron chi connectivity index (χ0n) is 16.0. The Morgan fingerprint density at radius 1 is 1.00 bits per heavy atom. The molecule has 0 saturated heterocycles. The molecule has 0 aliphatic heterocycles. The second kappa shape index (κ2) is 8.99. The van der Waals surface area contributed by atoms with Crippen molar-refractivity contribution in [2.45, 2.75) is 26.7 Å². The van der Waals surface area contributed by atoms with Crippen molar-refractivity contribution >= 4 is 17.5 Å². The smallest absolute Gasteiger partial charge is 0.253 e. The summed E-state index contributed by atoms with van der Waals surface area (Å²) < 4.78 is 5.09. The SMILES string of the molecule is Cc1noc(C)c1CC(=O)Nc1ccccc1C(=O)NCCc1ccccc1. The average molecular weight is 377 g/mol. The van der Waals surface area contributed by atoms with Gasteiger partial charge in [-0.15, -0.1) is 0 Å². The molecule has 0 fully saturated rings. The fourth-order valence-electron chi connectivity index (χ4n) is 2.96. The molecule has 3 rings (SSSR count). The van der Waals surface area contributed by atoms with Crippen LogP contribution in [0, 0.1) is 13.8 Å². The molecule has 0 spiro atoms. The van der Waals surface area contributed by atoms with Crippen LogP contribution in [0.1, 0.15) is 32.9 Å². The van der Waals surface area contributed by atoms with Gasteiger partial charge >= 0.3 is 0 Å². The van der Waals surface area contributed by atoms with E-state index in [1.165, 1.54) is 0 Å². The van der Waals surface area contributed by atoms with Crippen molar-refractivity contribution < 1.29 is 14.1 Å². The quantitative estimate of drug-likeness (QED) is 0.661. The van der Waals surface area contributed by atoms with Crippen molar-refractivity contribution in [2.75, 3.05) is 11.9 Å². The number of nitrogens with zero attached hydrogens (tertiary/aromatic N) is 1. The van der Waals surface area contributed by atoms with Crippen LogP contribution in [0.2, 0.25) is 0 Å². The van der Waals surface area contributed by atoms with Crippen LogP contribution in [0.5, 0.6) is 0 Å². The first-order valence-corrected chi connectivity index (χ1v) is 9.17. The maximum absolute atomic E-state index is 12.6. The molecule has 1 aromatic heterocycles. The maximum atomic E-state index is 12.6. The summed E-state index contributed by atoms with van der Waals surface area (Å²) in [7, 11) is 0. The van der Waals surface area contributed by atoms with E-state index in [1.807, 2.05) is 30.3 Å². The number of aromatic nitrogens is 1. The number of amides is 2. The van der Waals surface area contributed by atoms with Crippen LogP contribution in [0.15, 0.2) is 59.1 Å². The number of anilines is 1. The van der Waals surface area contributed by atoms with E-state index in [0.29, 0.717) is 29.2 Å². The molecule has 0 bridgehead atoms. The van der Waals surface area contributed by atoms with Gasteiger partial charge in [0.2, 0.25) is 5.91 Å². The highest BCUT2D eigenvalue weighted by Crippen LogP contribution is 2.17. The number of hydrogen-bond donors (Lipinski definition) is 2. The standard InChI is InChI=1S/C22H23N3O3/c1-15-19(16(2)28-25-15)14-21(26)24-20-11-7-6-10-18(20)22(27)23-13-12-17-8-4-3-5-9-17/h3-11H,12-14H2,1-2H3,(H,23,27)(H,24,26). The van der Waals surface area contributed by atoms with Crippen molar-refractivity contribution in [3.63, 3.8) is 0 Å². The zero-order chi connectivity index (χ0) is 19.9. The molecule has 0 saturated carbocycles. The Bertz CT molecular complexity index is 945.